The van der Waals surface area contributed by atoms with Gasteiger partial charge in [-0.05, 0) is 30.7 Å². The number of aromatic hydroxyl groups is 1. The summed E-state index contributed by atoms with van der Waals surface area (Å²) in [6.07, 6.45) is 0. The zero-order valence-corrected chi connectivity index (χ0v) is 11.8. The number of benzene rings is 2. The molecule has 0 aliphatic heterocycles. The van der Waals surface area contributed by atoms with E-state index >= 15 is 0 Å². The molecule has 2 aromatic rings. The highest BCUT2D eigenvalue weighted by Crippen LogP contribution is 2.28. The van der Waals surface area contributed by atoms with Crippen molar-refractivity contribution in [3.8, 4) is 5.75 Å². The van der Waals surface area contributed by atoms with Gasteiger partial charge in [0, 0.05) is 18.2 Å². The van der Waals surface area contributed by atoms with Crippen molar-refractivity contribution in [3.05, 3.63) is 42.0 Å². The lowest BCUT2D eigenvalue weighted by atomic mass is 10.0. The number of carbonyl (C=O) groups excluding carboxylic acids is 1. The van der Waals surface area contributed by atoms with Crippen molar-refractivity contribution in [3.63, 3.8) is 0 Å². The van der Waals surface area contributed by atoms with E-state index < -0.39 is 0 Å². The predicted octanol–water partition coefficient (Wildman–Crippen LogP) is 2.24. The number of amides is 1. The number of phenols is 1. The van der Waals surface area contributed by atoms with E-state index in [2.05, 4.69) is 0 Å². The van der Waals surface area contributed by atoms with Gasteiger partial charge in [0.05, 0.1) is 6.54 Å². The molecule has 4 nitrogen and oxygen atoms in total. The van der Waals surface area contributed by atoms with Crippen LogP contribution < -0.4 is 5.73 Å². The van der Waals surface area contributed by atoms with Gasteiger partial charge in [0.2, 0.25) is 5.91 Å². The molecule has 0 aliphatic rings. The van der Waals surface area contributed by atoms with Crippen molar-refractivity contribution < 1.29 is 9.90 Å². The van der Waals surface area contributed by atoms with Crippen LogP contribution in [0.3, 0.4) is 0 Å². The van der Waals surface area contributed by atoms with Gasteiger partial charge in [-0.1, -0.05) is 30.3 Å². The average Bonchev–Trinajstić information content (AvgIpc) is 2.40. The molecule has 0 atom stereocenters. The van der Waals surface area contributed by atoms with Gasteiger partial charge in [-0.25, -0.2) is 0 Å². The number of fused-ring (bicyclic) bond motifs is 1. The lowest BCUT2D eigenvalue weighted by Crippen LogP contribution is -2.38. The van der Waals surface area contributed by atoms with E-state index in [4.69, 9.17) is 5.73 Å². The summed E-state index contributed by atoms with van der Waals surface area (Å²) >= 11 is 0. The maximum absolute atomic E-state index is 11.2. The Kier molecular flexibility index (Phi) is 4.25. The maximum atomic E-state index is 11.2. The SMILES string of the molecule is CC(C)N(CC(N)=O)Cc1c(O)ccc2ccccc12. The van der Waals surface area contributed by atoms with Crippen molar-refractivity contribution >= 4 is 16.7 Å². The van der Waals surface area contributed by atoms with Crippen LogP contribution in [0.25, 0.3) is 10.8 Å². The summed E-state index contributed by atoms with van der Waals surface area (Å²) in [6, 6.07) is 11.6. The van der Waals surface area contributed by atoms with Crippen LogP contribution in [0.2, 0.25) is 0 Å². The highest BCUT2D eigenvalue weighted by Gasteiger charge is 2.16. The molecule has 2 aromatic carbocycles. The molecule has 4 heteroatoms. The first-order chi connectivity index (χ1) is 9.49. The fraction of sp³-hybridized carbons (Fsp3) is 0.312. The van der Waals surface area contributed by atoms with Crippen molar-refractivity contribution in [2.45, 2.75) is 26.4 Å². The van der Waals surface area contributed by atoms with Crippen molar-refractivity contribution in [1.82, 2.24) is 4.90 Å². The molecule has 3 N–H and O–H groups in total. The molecule has 0 fully saturated rings. The molecule has 106 valence electrons. The number of carbonyl (C=O) groups is 1. The second-order valence-electron chi connectivity index (χ2n) is 5.25. The van der Waals surface area contributed by atoms with Gasteiger partial charge in [0.1, 0.15) is 5.75 Å². The number of hydrogen-bond donors (Lipinski definition) is 2. The molecular formula is C16H20N2O2. The molecule has 2 rings (SSSR count). The smallest absolute Gasteiger partial charge is 0.231 e. The van der Waals surface area contributed by atoms with E-state index in [1.54, 1.807) is 6.07 Å². The highest BCUT2D eigenvalue weighted by atomic mass is 16.3. The summed E-state index contributed by atoms with van der Waals surface area (Å²) in [6.45, 7) is 4.68. The first-order valence-electron chi connectivity index (χ1n) is 6.71. The summed E-state index contributed by atoms with van der Waals surface area (Å²) in [5, 5.41) is 12.2. The van der Waals surface area contributed by atoms with Crippen LogP contribution in [-0.4, -0.2) is 28.5 Å². The molecular weight excluding hydrogens is 252 g/mol. The summed E-state index contributed by atoms with van der Waals surface area (Å²) in [4.78, 5) is 13.1. The lowest BCUT2D eigenvalue weighted by Gasteiger charge is -2.26. The maximum Gasteiger partial charge on any atom is 0.231 e. The minimum atomic E-state index is -0.363. The molecule has 0 saturated heterocycles. The summed E-state index contributed by atoms with van der Waals surface area (Å²) < 4.78 is 0. The predicted molar refractivity (Wildman–Crippen MR) is 80.4 cm³/mol. The number of phenolic OH excluding ortho intramolecular Hbond substituents is 1. The minimum Gasteiger partial charge on any atom is -0.508 e. The monoisotopic (exact) mass is 272 g/mol. The van der Waals surface area contributed by atoms with Crippen LogP contribution in [-0.2, 0) is 11.3 Å². The summed E-state index contributed by atoms with van der Waals surface area (Å²) in [5.41, 5.74) is 6.12. The number of rotatable bonds is 5. The van der Waals surface area contributed by atoms with Crippen molar-refractivity contribution in [2.24, 2.45) is 5.73 Å². The minimum absolute atomic E-state index is 0.167. The van der Waals surface area contributed by atoms with Gasteiger partial charge < -0.3 is 10.8 Å². The fourth-order valence-corrected chi connectivity index (χ4v) is 2.31. The van der Waals surface area contributed by atoms with E-state index in [1.807, 2.05) is 49.1 Å². The van der Waals surface area contributed by atoms with Crippen LogP contribution in [0.1, 0.15) is 19.4 Å². The first kappa shape index (κ1) is 14.3. The topological polar surface area (TPSA) is 66.6 Å². The fourth-order valence-electron chi connectivity index (χ4n) is 2.31. The van der Waals surface area contributed by atoms with Crippen LogP contribution >= 0.6 is 0 Å². The zero-order valence-electron chi connectivity index (χ0n) is 11.8. The third-order valence-electron chi connectivity index (χ3n) is 3.47. The van der Waals surface area contributed by atoms with Gasteiger partial charge in [-0.3, -0.25) is 9.69 Å². The van der Waals surface area contributed by atoms with Crippen molar-refractivity contribution in [2.75, 3.05) is 6.54 Å². The number of nitrogens with zero attached hydrogens (tertiary/aromatic N) is 1. The van der Waals surface area contributed by atoms with Gasteiger partial charge in [-0.2, -0.15) is 0 Å². The van der Waals surface area contributed by atoms with E-state index in [0.29, 0.717) is 6.54 Å². The molecule has 0 aromatic heterocycles. The number of nitrogens with two attached hydrogens (primary N) is 1. The van der Waals surface area contributed by atoms with Crippen LogP contribution in [0.4, 0.5) is 0 Å². The van der Waals surface area contributed by atoms with E-state index in [0.717, 1.165) is 16.3 Å². The average molecular weight is 272 g/mol. The molecule has 0 saturated carbocycles. The lowest BCUT2D eigenvalue weighted by molar-refractivity contribution is -0.119. The number of primary amides is 1. The van der Waals surface area contributed by atoms with Crippen LogP contribution in [0.5, 0.6) is 5.75 Å². The third-order valence-corrected chi connectivity index (χ3v) is 3.47. The zero-order chi connectivity index (χ0) is 14.7. The molecule has 0 bridgehead atoms. The highest BCUT2D eigenvalue weighted by molar-refractivity contribution is 5.87. The first-order valence-corrected chi connectivity index (χ1v) is 6.71. The molecule has 1 amide bonds. The van der Waals surface area contributed by atoms with Gasteiger partial charge in [0.15, 0.2) is 0 Å². The van der Waals surface area contributed by atoms with Gasteiger partial charge >= 0.3 is 0 Å². The second kappa shape index (κ2) is 5.92. The Balaban J connectivity index is 2.41. The van der Waals surface area contributed by atoms with Crippen molar-refractivity contribution in [1.29, 1.82) is 0 Å². The largest absolute Gasteiger partial charge is 0.508 e. The molecule has 0 spiro atoms. The molecule has 20 heavy (non-hydrogen) atoms. The quantitative estimate of drug-likeness (QED) is 0.877. The second-order valence-corrected chi connectivity index (χ2v) is 5.25. The Morgan fingerprint density at radius 2 is 1.95 bits per heavy atom. The van der Waals surface area contributed by atoms with Gasteiger partial charge in [-0.15, -0.1) is 0 Å². The Morgan fingerprint density at radius 3 is 2.60 bits per heavy atom. The van der Waals surface area contributed by atoms with E-state index in [1.165, 1.54) is 0 Å². The molecule has 0 unspecified atom stereocenters. The summed E-state index contributed by atoms with van der Waals surface area (Å²) in [5.74, 6) is -0.114. The summed E-state index contributed by atoms with van der Waals surface area (Å²) in [7, 11) is 0. The Hall–Kier alpha value is -2.07. The van der Waals surface area contributed by atoms with Crippen LogP contribution in [0, 0.1) is 0 Å². The Morgan fingerprint density at radius 1 is 1.25 bits per heavy atom. The van der Waals surface area contributed by atoms with Gasteiger partial charge in [0.25, 0.3) is 0 Å². The number of hydrogen-bond acceptors (Lipinski definition) is 3. The molecule has 0 aliphatic carbocycles. The molecule has 0 radical (unpaired) electrons. The van der Waals surface area contributed by atoms with E-state index in [-0.39, 0.29) is 24.2 Å². The Bertz CT molecular complexity index is 623. The molecule has 0 heterocycles. The van der Waals surface area contributed by atoms with Crippen LogP contribution in [0.15, 0.2) is 36.4 Å². The third kappa shape index (κ3) is 3.08. The standard InChI is InChI=1S/C16H20N2O2/c1-11(2)18(10-16(17)20)9-14-13-6-4-3-5-12(13)7-8-15(14)19/h3-8,11,19H,9-10H2,1-2H3,(H2,17,20). The van der Waals surface area contributed by atoms with E-state index in [9.17, 15) is 9.90 Å². The normalized spacial score (nSPS) is 11.4. The Labute approximate surface area is 118 Å².